The molecule has 0 saturated heterocycles. The number of carbonyl (C=O) groups excluding carboxylic acids is 4. The summed E-state index contributed by atoms with van der Waals surface area (Å²) < 4.78 is 106. The number of fused-ring (bicyclic) bond motifs is 4. The summed E-state index contributed by atoms with van der Waals surface area (Å²) in [5.41, 5.74) is 34.3. The number of nitrogen functional groups attached to an aromatic ring is 4. The monoisotopic (exact) mass is 2000 g/mol. The van der Waals surface area contributed by atoms with Gasteiger partial charge < -0.3 is 63.1 Å². The Hall–Kier alpha value is -14.4. The molecule has 12 N–H and O–H groups in total. The summed E-state index contributed by atoms with van der Waals surface area (Å²) in [6.07, 6.45) is 11.9. The van der Waals surface area contributed by atoms with Gasteiger partial charge in [0.05, 0.1) is 67.3 Å². The summed E-state index contributed by atoms with van der Waals surface area (Å²) in [6.45, 7) is 33.0. The van der Waals surface area contributed by atoms with Crippen LogP contribution in [0.2, 0.25) is 25.1 Å². The minimum absolute atomic E-state index is 0.0467. The first-order valence-corrected chi connectivity index (χ1v) is 46.2. The van der Waals surface area contributed by atoms with Crippen molar-refractivity contribution in [1.29, 1.82) is 0 Å². The molecule has 0 fully saturated rings. The van der Waals surface area contributed by atoms with Gasteiger partial charge in [-0.2, -0.15) is 0 Å². The molecule has 728 valence electrons. The number of nitrogens with one attached hydrogen (secondary N) is 4. The van der Waals surface area contributed by atoms with E-state index in [0.29, 0.717) is 141 Å². The number of para-hydroxylation sites is 1. The summed E-state index contributed by atoms with van der Waals surface area (Å²) in [5, 5.41) is 10.5. The third kappa shape index (κ3) is 22.0. The molecule has 0 saturated carbocycles. The zero-order chi connectivity index (χ0) is 102. The van der Waals surface area contributed by atoms with Gasteiger partial charge in [0.25, 0.3) is 23.6 Å². The number of imidazole rings is 4. The van der Waals surface area contributed by atoms with Crippen molar-refractivity contribution in [1.82, 2.24) is 57.5 Å². The van der Waals surface area contributed by atoms with Gasteiger partial charge in [-0.15, -0.1) is 0 Å². The molecular formula is C102H102Cl5F5N20O8. The number of amides is 4. The van der Waals surface area contributed by atoms with E-state index in [9.17, 15) is 23.6 Å². The molecule has 0 aliphatic heterocycles. The predicted octanol–water partition coefficient (Wildman–Crippen LogP) is 23.8. The van der Waals surface area contributed by atoms with Crippen LogP contribution in [0.25, 0.3) is 22.1 Å². The fourth-order valence-electron chi connectivity index (χ4n) is 16.2. The van der Waals surface area contributed by atoms with Crippen LogP contribution in [0.4, 0.5) is 68.0 Å². The van der Waals surface area contributed by atoms with Crippen LogP contribution in [-0.2, 0) is 0 Å². The number of anilines is 8. The first-order chi connectivity index (χ1) is 66.3. The number of aryl methyl sites for hydroxylation is 6. The maximum absolute atomic E-state index is 15.4. The Balaban J connectivity index is 0.000000157. The second-order valence-electron chi connectivity index (χ2n) is 34.3. The van der Waals surface area contributed by atoms with E-state index in [4.69, 9.17) is 110 Å². The average molecular weight is 2010 g/mol. The van der Waals surface area contributed by atoms with E-state index < -0.39 is 76.4 Å². The predicted molar refractivity (Wildman–Crippen MR) is 539 cm³/mol. The molecule has 8 aromatic carbocycles. The molecule has 16 aromatic rings. The molecule has 140 heavy (non-hydrogen) atoms. The van der Waals surface area contributed by atoms with E-state index in [0.717, 1.165) is 11.1 Å². The number of ether oxygens (including phenoxy) is 4. The molecule has 28 nitrogen and oxygen atoms in total. The fourth-order valence-corrected chi connectivity index (χ4v) is 17.2. The fraction of sp³-hybridized carbons (Fsp3) is 0.255. The van der Waals surface area contributed by atoms with Crippen molar-refractivity contribution in [2.45, 2.75) is 173 Å². The molecule has 8 heterocycles. The zero-order valence-corrected chi connectivity index (χ0v) is 83.3. The Morgan fingerprint density at radius 3 is 0.886 bits per heavy atom. The van der Waals surface area contributed by atoms with Crippen LogP contribution in [0.3, 0.4) is 0 Å². The Labute approximate surface area is 828 Å². The minimum Gasteiger partial charge on any atom is -0.490 e. The zero-order valence-electron chi connectivity index (χ0n) is 79.5. The Kier molecular flexibility index (Phi) is 31.9. The van der Waals surface area contributed by atoms with Gasteiger partial charge in [0, 0.05) is 123 Å². The van der Waals surface area contributed by atoms with Crippen LogP contribution in [-0.4, -0.2) is 106 Å². The molecule has 0 bridgehead atoms. The van der Waals surface area contributed by atoms with E-state index in [-0.39, 0.29) is 89.8 Å². The molecule has 0 aliphatic carbocycles. The molecule has 0 spiro atoms. The van der Waals surface area contributed by atoms with Gasteiger partial charge in [-0.05, 0) is 199 Å². The highest BCUT2D eigenvalue weighted by Gasteiger charge is 2.37. The number of hydrogen-bond acceptors (Lipinski definition) is 20. The SMILES string of the molecule is Cc1cccc(NC(=O)c2c(F)c(Cl)cc(C(C)c3nc(C)c4c(N)nccn34)c2OC(C)C)c1.Cc1ccccc1NC(=O)c1c(F)c(Cl)cc(C(C)c2nc(C)c3c(N)nccn23)c1OC(C)C.Cc1nc(C(C)c2cc(Cl)c(F)c(C(=O)Nc3ccc(Cl)cc3)c2OC(C)C)n2ccnc(N)c12.Cc1nc(C(C)c2cc(Cl)c(F)c(C(=O)Nc3ccc(F)cc3)c2OC(C)C)n2ccnc(N)c12. The lowest BCUT2D eigenvalue weighted by molar-refractivity contribution is 0.100. The third-order valence-corrected chi connectivity index (χ3v) is 23.9. The Morgan fingerprint density at radius 2 is 0.607 bits per heavy atom. The smallest absolute Gasteiger partial charge is 0.262 e. The van der Waals surface area contributed by atoms with Crippen LogP contribution < -0.4 is 63.1 Å². The van der Waals surface area contributed by atoms with Gasteiger partial charge in [0.2, 0.25) is 0 Å². The number of nitrogens with two attached hydrogens (primary N) is 4. The van der Waals surface area contributed by atoms with Crippen molar-refractivity contribution in [2.75, 3.05) is 44.2 Å². The lowest BCUT2D eigenvalue weighted by Gasteiger charge is -2.22. The van der Waals surface area contributed by atoms with E-state index in [1.54, 1.807) is 130 Å². The molecular weight excluding hydrogens is 1910 g/mol. The average Bonchev–Trinajstić information content (AvgIpc) is 1.61. The summed E-state index contributed by atoms with van der Waals surface area (Å²) in [4.78, 5) is 88.5. The highest BCUT2D eigenvalue weighted by Crippen LogP contribution is 2.47. The van der Waals surface area contributed by atoms with Crippen molar-refractivity contribution in [2.24, 2.45) is 0 Å². The number of nitrogens with zero attached hydrogens (tertiary/aromatic N) is 12. The van der Waals surface area contributed by atoms with E-state index in [1.165, 1.54) is 48.5 Å². The molecule has 4 amide bonds. The van der Waals surface area contributed by atoms with Gasteiger partial charge in [-0.3, -0.25) is 36.8 Å². The molecule has 0 radical (unpaired) electrons. The van der Waals surface area contributed by atoms with Gasteiger partial charge in [-0.1, -0.05) is 116 Å². The largest absolute Gasteiger partial charge is 0.490 e. The van der Waals surface area contributed by atoms with E-state index in [1.807, 2.05) is 134 Å². The maximum atomic E-state index is 15.4. The van der Waals surface area contributed by atoms with Crippen LogP contribution in [0, 0.1) is 70.6 Å². The van der Waals surface area contributed by atoms with Crippen LogP contribution in [0.15, 0.2) is 171 Å². The standard InChI is InChI=1S/2C26H27ClFN5O2.C25H24Cl2FN5O2.C25H24ClF2N5O2/c1-13(2)35-23-18(15(4)25-31-16(5)22-24(29)30-9-10-33(22)25)12-19(27)21(28)20(23)26(34)32-17-8-6-7-14(3)11-17;1-13(2)35-23-17(15(4)25-31-16(5)22-24(29)30-10-11-33(22)25)12-18(27)21(28)20(23)26(34)32-19-9-7-6-8-14(19)3;1-12(2)35-22-17(13(3)24-31-14(4)21-23(29)30-9-10-33(21)24)11-18(27)20(28)19(22)25(34)32-16-7-5-15(26)6-8-16;1-12(2)35-22-17(13(3)24-31-14(4)21-23(29)30-9-10-33(21)24)11-18(26)20(28)19(22)25(34)32-16-7-5-15(27)6-8-16/h2*6-13,15H,1-5H3,(H2,29,30)(H,32,34);2*5-13H,1-4H3,(H2,29,30)(H,32,34). The maximum Gasteiger partial charge on any atom is 0.262 e. The molecule has 4 atom stereocenters. The first-order valence-electron chi connectivity index (χ1n) is 44.3. The Morgan fingerprint density at radius 1 is 0.336 bits per heavy atom. The van der Waals surface area contributed by atoms with E-state index >= 15 is 17.6 Å². The minimum atomic E-state index is -0.921. The molecule has 8 aromatic heterocycles. The van der Waals surface area contributed by atoms with Crippen molar-refractivity contribution in [3.05, 3.63) is 327 Å². The number of aromatic nitrogens is 12. The van der Waals surface area contributed by atoms with Gasteiger partial charge in [0.1, 0.15) is 120 Å². The molecule has 4 unspecified atom stereocenters. The van der Waals surface area contributed by atoms with E-state index in [2.05, 4.69) is 51.2 Å². The molecule has 38 heteroatoms. The number of benzene rings is 8. The normalized spacial score (nSPS) is 12.2. The van der Waals surface area contributed by atoms with Gasteiger partial charge in [-0.25, -0.2) is 61.8 Å². The topological polar surface area (TPSA) is 378 Å². The van der Waals surface area contributed by atoms with Crippen LogP contribution in [0.5, 0.6) is 23.0 Å². The highest BCUT2D eigenvalue weighted by atomic mass is 35.5. The van der Waals surface area contributed by atoms with Crippen molar-refractivity contribution in [3.63, 3.8) is 0 Å². The summed E-state index contributed by atoms with van der Waals surface area (Å²) in [6, 6.07) is 32.0. The van der Waals surface area contributed by atoms with Gasteiger partial charge in [0.15, 0.2) is 23.3 Å². The Bertz CT molecular complexity index is 7230. The molecule has 16 rings (SSSR count). The van der Waals surface area contributed by atoms with Crippen LogP contribution in [0.1, 0.15) is 228 Å². The van der Waals surface area contributed by atoms with Crippen molar-refractivity contribution >= 4 is 150 Å². The van der Waals surface area contributed by atoms with Crippen molar-refractivity contribution < 1.29 is 60.1 Å². The summed E-state index contributed by atoms with van der Waals surface area (Å²) >= 11 is 31.1. The lowest BCUT2D eigenvalue weighted by atomic mass is 9.95. The second kappa shape index (κ2) is 43.3. The lowest BCUT2D eigenvalue weighted by Crippen LogP contribution is -2.20. The first kappa shape index (κ1) is 103. The quantitative estimate of drug-likeness (QED) is 0.0260. The number of hydrogen-bond donors (Lipinski definition) is 8. The highest BCUT2D eigenvalue weighted by molar-refractivity contribution is 6.33. The summed E-state index contributed by atoms with van der Waals surface area (Å²) in [5.74, 6) is -4.26. The number of halogens is 10. The van der Waals surface area contributed by atoms with Crippen LogP contribution >= 0.6 is 58.0 Å². The second-order valence-corrected chi connectivity index (χ2v) is 36.3. The third-order valence-electron chi connectivity index (χ3n) is 22.6. The molecule has 0 aliphatic rings. The summed E-state index contributed by atoms with van der Waals surface area (Å²) in [7, 11) is 0. The number of carbonyl (C=O) groups is 4. The van der Waals surface area contributed by atoms with Gasteiger partial charge >= 0.3 is 0 Å². The van der Waals surface area contributed by atoms with Crippen molar-refractivity contribution in [3.8, 4) is 23.0 Å². The number of rotatable bonds is 24.